The Balaban J connectivity index is 1.87. The number of hydrogen-bond acceptors (Lipinski definition) is 1. The Labute approximate surface area is 108 Å². The van der Waals surface area contributed by atoms with E-state index in [1.165, 1.54) is 57.9 Å². The molecule has 0 spiro atoms. The second-order valence-corrected chi connectivity index (χ2v) is 6.85. The van der Waals surface area contributed by atoms with Gasteiger partial charge in [-0.2, -0.15) is 0 Å². The lowest BCUT2D eigenvalue weighted by Crippen LogP contribution is -2.46. The van der Waals surface area contributed by atoms with Gasteiger partial charge in [-0.15, -0.1) is 0 Å². The fraction of sp³-hybridized carbons (Fsp3) is 1.00. The maximum Gasteiger partial charge on any atom is 0.0118 e. The van der Waals surface area contributed by atoms with Gasteiger partial charge < -0.3 is 5.32 Å². The second-order valence-electron chi connectivity index (χ2n) is 6.85. The van der Waals surface area contributed by atoms with E-state index in [-0.39, 0.29) is 0 Å². The summed E-state index contributed by atoms with van der Waals surface area (Å²) in [6.07, 6.45) is 11.5. The molecular weight excluding hydrogens is 206 g/mol. The first kappa shape index (κ1) is 13.4. The summed E-state index contributed by atoms with van der Waals surface area (Å²) in [6.45, 7) is 8.56. The molecule has 2 unspecified atom stereocenters. The Kier molecular flexibility index (Phi) is 4.52. The van der Waals surface area contributed by atoms with Crippen molar-refractivity contribution < 1.29 is 0 Å². The normalized spacial score (nSPS) is 37.2. The first-order chi connectivity index (χ1) is 8.17. The second kappa shape index (κ2) is 5.73. The first-order valence-electron chi connectivity index (χ1n) is 7.90. The number of hydrogen-bond donors (Lipinski definition) is 1. The fourth-order valence-corrected chi connectivity index (χ4v) is 4.20. The summed E-state index contributed by atoms with van der Waals surface area (Å²) < 4.78 is 0. The molecule has 2 atom stereocenters. The van der Waals surface area contributed by atoms with E-state index in [0.717, 1.165) is 17.9 Å². The summed E-state index contributed by atoms with van der Waals surface area (Å²) in [5, 5.41) is 3.95. The highest BCUT2D eigenvalue weighted by Gasteiger charge is 2.34. The van der Waals surface area contributed by atoms with Gasteiger partial charge in [0.1, 0.15) is 0 Å². The van der Waals surface area contributed by atoms with Crippen molar-refractivity contribution in [3.05, 3.63) is 0 Å². The van der Waals surface area contributed by atoms with E-state index in [2.05, 4.69) is 26.1 Å². The lowest BCUT2D eigenvalue weighted by atomic mass is 9.77. The molecule has 2 fully saturated rings. The number of rotatable bonds is 4. The van der Waals surface area contributed by atoms with Gasteiger partial charge in [-0.25, -0.2) is 0 Å². The third-order valence-corrected chi connectivity index (χ3v) is 5.67. The third-order valence-electron chi connectivity index (χ3n) is 5.67. The van der Waals surface area contributed by atoms with Crippen molar-refractivity contribution in [3.63, 3.8) is 0 Å². The molecule has 1 N–H and O–H groups in total. The maximum atomic E-state index is 3.95. The van der Waals surface area contributed by atoms with Crippen LogP contribution in [0, 0.1) is 17.3 Å². The van der Waals surface area contributed by atoms with Crippen LogP contribution in [0.1, 0.15) is 72.1 Å². The van der Waals surface area contributed by atoms with E-state index in [0.29, 0.717) is 5.41 Å². The van der Waals surface area contributed by atoms with Crippen LogP contribution in [0.3, 0.4) is 0 Å². The van der Waals surface area contributed by atoms with Crippen molar-refractivity contribution in [1.29, 1.82) is 0 Å². The van der Waals surface area contributed by atoms with Gasteiger partial charge in [0.15, 0.2) is 0 Å². The highest BCUT2D eigenvalue weighted by Crippen LogP contribution is 2.41. The van der Waals surface area contributed by atoms with Gasteiger partial charge in [0.05, 0.1) is 0 Å². The minimum atomic E-state index is 0.650. The molecule has 0 aromatic rings. The average Bonchev–Trinajstić information content (AvgIpc) is 2.78. The summed E-state index contributed by atoms with van der Waals surface area (Å²) in [4.78, 5) is 0. The molecule has 0 aromatic carbocycles. The van der Waals surface area contributed by atoms with Crippen molar-refractivity contribution in [3.8, 4) is 0 Å². The molecule has 100 valence electrons. The Morgan fingerprint density at radius 2 is 1.59 bits per heavy atom. The average molecular weight is 237 g/mol. The molecule has 0 bridgehead atoms. The highest BCUT2D eigenvalue weighted by atomic mass is 14.9. The van der Waals surface area contributed by atoms with Gasteiger partial charge in [0.2, 0.25) is 0 Å². The molecular formula is C16H31N. The lowest BCUT2D eigenvalue weighted by Gasteiger charge is -2.38. The van der Waals surface area contributed by atoms with Gasteiger partial charge in [0.25, 0.3) is 0 Å². The summed E-state index contributed by atoms with van der Waals surface area (Å²) in [5.74, 6) is 1.77. The molecule has 17 heavy (non-hydrogen) atoms. The van der Waals surface area contributed by atoms with Crippen LogP contribution >= 0.6 is 0 Å². The molecule has 1 nitrogen and oxygen atoms in total. The molecule has 2 aliphatic carbocycles. The Morgan fingerprint density at radius 1 is 1.00 bits per heavy atom. The molecule has 0 aromatic heterocycles. The van der Waals surface area contributed by atoms with Crippen molar-refractivity contribution in [2.24, 2.45) is 17.3 Å². The smallest absolute Gasteiger partial charge is 0.0118 e. The minimum absolute atomic E-state index is 0.650. The monoisotopic (exact) mass is 237 g/mol. The van der Waals surface area contributed by atoms with Crippen LogP contribution in [0.4, 0.5) is 0 Å². The van der Waals surface area contributed by atoms with Crippen LogP contribution in [-0.4, -0.2) is 12.6 Å². The predicted octanol–water partition coefficient (Wildman–Crippen LogP) is 4.37. The highest BCUT2D eigenvalue weighted by molar-refractivity contribution is 4.90. The zero-order valence-electron chi connectivity index (χ0n) is 12.1. The molecule has 0 amide bonds. The predicted molar refractivity (Wildman–Crippen MR) is 75.2 cm³/mol. The zero-order chi connectivity index (χ0) is 12.3. The molecule has 0 saturated heterocycles. The molecule has 2 aliphatic rings. The van der Waals surface area contributed by atoms with Crippen molar-refractivity contribution in [2.45, 2.75) is 78.2 Å². The van der Waals surface area contributed by atoms with Gasteiger partial charge in [-0.05, 0) is 49.4 Å². The minimum Gasteiger partial charge on any atom is -0.313 e. The molecule has 2 rings (SSSR count). The molecule has 2 saturated carbocycles. The molecule has 0 heterocycles. The van der Waals surface area contributed by atoms with E-state index in [1.54, 1.807) is 0 Å². The van der Waals surface area contributed by atoms with Crippen molar-refractivity contribution in [1.82, 2.24) is 5.32 Å². The van der Waals surface area contributed by atoms with E-state index in [9.17, 15) is 0 Å². The van der Waals surface area contributed by atoms with E-state index in [1.807, 2.05) is 0 Å². The Morgan fingerprint density at radius 3 is 2.12 bits per heavy atom. The van der Waals surface area contributed by atoms with Crippen LogP contribution in [-0.2, 0) is 0 Å². The molecule has 0 radical (unpaired) electrons. The summed E-state index contributed by atoms with van der Waals surface area (Å²) >= 11 is 0. The lowest BCUT2D eigenvalue weighted by molar-refractivity contribution is 0.172. The van der Waals surface area contributed by atoms with Crippen LogP contribution in [0.2, 0.25) is 0 Å². The van der Waals surface area contributed by atoms with Crippen molar-refractivity contribution in [2.75, 3.05) is 6.54 Å². The standard InChI is InChI=1S/C16H31N/c1-4-16(10-5-6-11-16)12-17-15-13(2)8-7-9-14(15)3/h13-15,17H,4-12H2,1-3H3. The maximum absolute atomic E-state index is 3.95. The summed E-state index contributed by atoms with van der Waals surface area (Å²) in [7, 11) is 0. The largest absolute Gasteiger partial charge is 0.313 e. The topological polar surface area (TPSA) is 12.0 Å². The van der Waals surface area contributed by atoms with Gasteiger partial charge >= 0.3 is 0 Å². The SMILES string of the molecule is CCC1(CNC2C(C)CCCC2C)CCCC1. The Bertz CT molecular complexity index is 220. The molecule has 1 heteroatoms. The zero-order valence-corrected chi connectivity index (χ0v) is 12.1. The summed E-state index contributed by atoms with van der Waals surface area (Å²) in [5.41, 5.74) is 0.650. The molecule has 0 aliphatic heterocycles. The quantitative estimate of drug-likeness (QED) is 0.765. The van der Waals surface area contributed by atoms with Gasteiger partial charge in [0, 0.05) is 12.6 Å². The number of nitrogens with one attached hydrogen (secondary N) is 1. The van der Waals surface area contributed by atoms with Crippen LogP contribution in [0.15, 0.2) is 0 Å². The fourth-order valence-electron chi connectivity index (χ4n) is 4.20. The van der Waals surface area contributed by atoms with Crippen LogP contribution in [0.5, 0.6) is 0 Å². The van der Waals surface area contributed by atoms with E-state index >= 15 is 0 Å². The van der Waals surface area contributed by atoms with Crippen LogP contribution in [0.25, 0.3) is 0 Å². The van der Waals surface area contributed by atoms with E-state index < -0.39 is 0 Å². The Hall–Kier alpha value is -0.0400. The van der Waals surface area contributed by atoms with Gasteiger partial charge in [-0.1, -0.05) is 40.0 Å². The van der Waals surface area contributed by atoms with Crippen LogP contribution < -0.4 is 5.32 Å². The van der Waals surface area contributed by atoms with E-state index in [4.69, 9.17) is 0 Å². The summed E-state index contributed by atoms with van der Waals surface area (Å²) in [6, 6.07) is 0.785. The van der Waals surface area contributed by atoms with Crippen molar-refractivity contribution >= 4 is 0 Å². The van der Waals surface area contributed by atoms with Gasteiger partial charge in [-0.3, -0.25) is 0 Å². The third kappa shape index (κ3) is 3.05. The first-order valence-corrected chi connectivity index (χ1v) is 7.90.